The number of ether oxygens (including phenoxy) is 1. The van der Waals surface area contributed by atoms with E-state index in [9.17, 15) is 0 Å². The molecule has 1 heterocycles. The third-order valence-electron chi connectivity index (χ3n) is 4.05. The molecule has 15 heavy (non-hydrogen) atoms. The Hall–Kier alpha value is -0.0800. The Labute approximate surface area is 93.8 Å². The van der Waals surface area contributed by atoms with Crippen LogP contribution in [0.5, 0.6) is 0 Å². The zero-order valence-corrected chi connectivity index (χ0v) is 10.2. The van der Waals surface area contributed by atoms with Crippen LogP contribution in [0, 0.1) is 11.8 Å². The Kier molecular flexibility index (Phi) is 4.04. The Morgan fingerprint density at radius 2 is 1.87 bits per heavy atom. The first kappa shape index (κ1) is 11.4. The van der Waals surface area contributed by atoms with E-state index in [4.69, 9.17) is 4.74 Å². The molecule has 0 bridgehead atoms. The molecule has 2 fully saturated rings. The number of morpholine rings is 1. The predicted molar refractivity (Wildman–Crippen MR) is 62.9 cm³/mol. The van der Waals surface area contributed by atoms with E-state index in [1.54, 1.807) is 0 Å². The van der Waals surface area contributed by atoms with Crippen LogP contribution in [0.4, 0.5) is 0 Å². The molecule has 88 valence electrons. The van der Waals surface area contributed by atoms with Crippen LogP contribution in [-0.4, -0.2) is 25.3 Å². The topological polar surface area (TPSA) is 21.3 Å². The van der Waals surface area contributed by atoms with Gasteiger partial charge >= 0.3 is 0 Å². The number of hydrogen-bond acceptors (Lipinski definition) is 2. The van der Waals surface area contributed by atoms with Gasteiger partial charge in [-0.05, 0) is 24.7 Å². The van der Waals surface area contributed by atoms with E-state index in [0.717, 1.165) is 19.1 Å². The molecule has 2 heteroatoms. The zero-order valence-electron chi connectivity index (χ0n) is 10.2. The molecule has 1 aliphatic heterocycles. The monoisotopic (exact) mass is 211 g/mol. The molecule has 0 aromatic rings. The summed E-state index contributed by atoms with van der Waals surface area (Å²) in [5, 5.41) is 3.64. The summed E-state index contributed by atoms with van der Waals surface area (Å²) in [5.74, 6) is 1.52. The average molecular weight is 211 g/mol. The van der Waals surface area contributed by atoms with Crippen molar-refractivity contribution < 1.29 is 4.74 Å². The summed E-state index contributed by atoms with van der Waals surface area (Å²) in [6, 6.07) is 0.574. The highest BCUT2D eigenvalue weighted by Gasteiger charge is 2.29. The predicted octanol–water partition coefficient (Wildman–Crippen LogP) is 2.58. The largest absolute Gasteiger partial charge is 0.375 e. The SMILES string of the molecule is CC(C)C1COC(C2CCCCC2)CN1. The van der Waals surface area contributed by atoms with Gasteiger partial charge in [0.2, 0.25) is 0 Å². The van der Waals surface area contributed by atoms with Gasteiger partial charge in [-0.1, -0.05) is 33.1 Å². The van der Waals surface area contributed by atoms with Gasteiger partial charge in [0.05, 0.1) is 12.7 Å². The minimum absolute atomic E-state index is 0.500. The molecule has 0 spiro atoms. The highest BCUT2D eigenvalue weighted by molar-refractivity contribution is 4.83. The molecule has 1 aliphatic carbocycles. The minimum Gasteiger partial charge on any atom is -0.375 e. The smallest absolute Gasteiger partial charge is 0.0728 e. The molecule has 2 nitrogen and oxygen atoms in total. The third kappa shape index (κ3) is 2.94. The van der Waals surface area contributed by atoms with Crippen molar-refractivity contribution in [2.24, 2.45) is 11.8 Å². The Bertz CT molecular complexity index is 179. The highest BCUT2D eigenvalue weighted by atomic mass is 16.5. The van der Waals surface area contributed by atoms with Gasteiger partial charge in [-0.25, -0.2) is 0 Å². The Morgan fingerprint density at radius 1 is 1.13 bits per heavy atom. The third-order valence-corrected chi connectivity index (χ3v) is 4.05. The fourth-order valence-corrected chi connectivity index (χ4v) is 2.85. The number of hydrogen-bond donors (Lipinski definition) is 1. The quantitative estimate of drug-likeness (QED) is 0.758. The molecule has 0 aromatic carbocycles. The van der Waals surface area contributed by atoms with Gasteiger partial charge in [0.1, 0.15) is 0 Å². The van der Waals surface area contributed by atoms with E-state index < -0.39 is 0 Å². The van der Waals surface area contributed by atoms with E-state index in [-0.39, 0.29) is 0 Å². The second kappa shape index (κ2) is 5.31. The fraction of sp³-hybridized carbons (Fsp3) is 1.00. The van der Waals surface area contributed by atoms with E-state index in [2.05, 4.69) is 19.2 Å². The van der Waals surface area contributed by atoms with Gasteiger partial charge in [-0.2, -0.15) is 0 Å². The first-order chi connectivity index (χ1) is 7.27. The molecule has 0 radical (unpaired) electrons. The molecule has 1 saturated heterocycles. The van der Waals surface area contributed by atoms with E-state index in [0.29, 0.717) is 18.1 Å². The number of rotatable bonds is 2. The summed E-state index contributed by atoms with van der Waals surface area (Å²) < 4.78 is 6.03. The summed E-state index contributed by atoms with van der Waals surface area (Å²) in [5.41, 5.74) is 0. The van der Waals surface area contributed by atoms with Crippen molar-refractivity contribution in [2.45, 2.75) is 58.1 Å². The fourth-order valence-electron chi connectivity index (χ4n) is 2.85. The van der Waals surface area contributed by atoms with Gasteiger partial charge in [0, 0.05) is 12.6 Å². The summed E-state index contributed by atoms with van der Waals surface area (Å²) in [6.45, 7) is 6.52. The van der Waals surface area contributed by atoms with Crippen LogP contribution in [0.15, 0.2) is 0 Å². The molecule has 0 amide bonds. The molecule has 0 aromatic heterocycles. The summed E-state index contributed by atoms with van der Waals surface area (Å²) >= 11 is 0. The molecule has 2 aliphatic rings. The summed E-state index contributed by atoms with van der Waals surface area (Å²) in [7, 11) is 0. The lowest BCUT2D eigenvalue weighted by molar-refractivity contribution is -0.0450. The first-order valence-corrected chi connectivity index (χ1v) is 6.62. The first-order valence-electron chi connectivity index (χ1n) is 6.62. The molecule has 2 rings (SSSR count). The summed E-state index contributed by atoms with van der Waals surface area (Å²) in [6.07, 6.45) is 7.54. The maximum atomic E-state index is 6.03. The van der Waals surface area contributed by atoms with Crippen molar-refractivity contribution in [2.75, 3.05) is 13.2 Å². The number of nitrogens with one attached hydrogen (secondary N) is 1. The van der Waals surface area contributed by atoms with Crippen LogP contribution in [-0.2, 0) is 4.74 Å². The molecule has 2 atom stereocenters. The molecule has 2 unspecified atom stereocenters. The second-order valence-electron chi connectivity index (χ2n) is 5.53. The van der Waals surface area contributed by atoms with Gasteiger partial charge < -0.3 is 10.1 Å². The standard InChI is InChI=1S/C13H25NO/c1-10(2)12-9-15-13(8-14-12)11-6-4-3-5-7-11/h10-14H,3-9H2,1-2H3. The Balaban J connectivity index is 1.77. The lowest BCUT2D eigenvalue weighted by Crippen LogP contribution is -2.51. The van der Waals surface area contributed by atoms with Crippen molar-refractivity contribution in [3.8, 4) is 0 Å². The van der Waals surface area contributed by atoms with E-state index in [1.165, 1.54) is 32.1 Å². The average Bonchev–Trinajstić information content (AvgIpc) is 2.30. The van der Waals surface area contributed by atoms with Crippen molar-refractivity contribution in [1.29, 1.82) is 0 Å². The molecule has 1 N–H and O–H groups in total. The lowest BCUT2D eigenvalue weighted by atomic mass is 9.84. The second-order valence-corrected chi connectivity index (χ2v) is 5.53. The van der Waals surface area contributed by atoms with Crippen LogP contribution in [0.3, 0.4) is 0 Å². The maximum Gasteiger partial charge on any atom is 0.0728 e. The minimum atomic E-state index is 0.500. The van der Waals surface area contributed by atoms with Crippen LogP contribution < -0.4 is 5.32 Å². The van der Waals surface area contributed by atoms with Gasteiger partial charge in [0.15, 0.2) is 0 Å². The van der Waals surface area contributed by atoms with Gasteiger partial charge in [0.25, 0.3) is 0 Å². The Morgan fingerprint density at radius 3 is 2.40 bits per heavy atom. The van der Waals surface area contributed by atoms with Gasteiger partial charge in [-0.3, -0.25) is 0 Å². The zero-order chi connectivity index (χ0) is 10.7. The van der Waals surface area contributed by atoms with Crippen LogP contribution in [0.25, 0.3) is 0 Å². The van der Waals surface area contributed by atoms with Crippen molar-refractivity contribution in [1.82, 2.24) is 5.32 Å². The summed E-state index contributed by atoms with van der Waals surface area (Å²) in [4.78, 5) is 0. The maximum absolute atomic E-state index is 6.03. The van der Waals surface area contributed by atoms with Crippen LogP contribution in [0.2, 0.25) is 0 Å². The van der Waals surface area contributed by atoms with Crippen molar-refractivity contribution >= 4 is 0 Å². The van der Waals surface area contributed by atoms with Crippen LogP contribution >= 0.6 is 0 Å². The highest BCUT2D eigenvalue weighted by Crippen LogP contribution is 2.29. The van der Waals surface area contributed by atoms with Crippen molar-refractivity contribution in [3.63, 3.8) is 0 Å². The molecule has 1 saturated carbocycles. The van der Waals surface area contributed by atoms with Crippen molar-refractivity contribution in [3.05, 3.63) is 0 Å². The lowest BCUT2D eigenvalue weighted by Gasteiger charge is -2.37. The van der Waals surface area contributed by atoms with E-state index >= 15 is 0 Å². The van der Waals surface area contributed by atoms with E-state index in [1.807, 2.05) is 0 Å². The van der Waals surface area contributed by atoms with Gasteiger partial charge in [-0.15, -0.1) is 0 Å². The normalized spacial score (nSPS) is 34.6. The molecular weight excluding hydrogens is 186 g/mol. The molecular formula is C13H25NO. The van der Waals surface area contributed by atoms with Crippen LogP contribution in [0.1, 0.15) is 46.0 Å².